The van der Waals surface area contributed by atoms with E-state index in [9.17, 15) is 5.11 Å². The Labute approximate surface area is 215 Å². The minimum atomic E-state index is -0.971. The largest absolute Gasteiger partial charge is 0.493 e. The number of piperazine rings is 1. The Bertz CT molecular complexity index is 1310. The number of anilines is 2. The average Bonchev–Trinajstić information content (AvgIpc) is 2.96. The van der Waals surface area contributed by atoms with Crippen LogP contribution in [-0.4, -0.2) is 82.8 Å². The van der Waals surface area contributed by atoms with Crippen molar-refractivity contribution in [2.45, 2.75) is 12.5 Å². The van der Waals surface area contributed by atoms with Gasteiger partial charge >= 0.3 is 0 Å². The van der Waals surface area contributed by atoms with E-state index < -0.39 is 6.10 Å². The zero-order chi connectivity index (χ0) is 25.6. The number of benzene rings is 2. The summed E-state index contributed by atoms with van der Waals surface area (Å²) in [6, 6.07) is 13.9. The molecule has 1 aliphatic heterocycles. The Morgan fingerprint density at radius 2 is 1.62 bits per heavy atom. The average molecular weight is 503 g/mol. The zero-order valence-electron chi connectivity index (χ0n) is 20.7. The number of aliphatic hydroxyl groups is 2. The first kappa shape index (κ1) is 24.7. The normalized spacial score (nSPS) is 14.6. The number of hydrogen-bond donors (Lipinski definition) is 2. The Balaban J connectivity index is 1.27. The van der Waals surface area contributed by atoms with Crippen LogP contribution in [0.3, 0.4) is 0 Å². The van der Waals surface area contributed by atoms with Crippen LogP contribution in [0.2, 0.25) is 0 Å². The first-order chi connectivity index (χ1) is 18.1. The van der Waals surface area contributed by atoms with Gasteiger partial charge in [-0.25, -0.2) is 19.9 Å². The van der Waals surface area contributed by atoms with Crippen LogP contribution in [0, 0.1) is 0 Å². The highest BCUT2D eigenvalue weighted by Crippen LogP contribution is 2.35. The monoisotopic (exact) mass is 502 g/mol. The molecule has 2 N–H and O–H groups in total. The molecule has 10 nitrogen and oxygen atoms in total. The van der Waals surface area contributed by atoms with Gasteiger partial charge in [-0.3, -0.25) is 0 Å². The number of nitrogens with zero attached hydrogens (tertiary/aromatic N) is 6. The van der Waals surface area contributed by atoms with E-state index in [4.69, 9.17) is 14.6 Å². The third kappa shape index (κ3) is 5.71. The lowest BCUT2D eigenvalue weighted by Crippen LogP contribution is -2.47. The van der Waals surface area contributed by atoms with Gasteiger partial charge < -0.3 is 29.5 Å². The molecule has 0 bridgehead atoms. The molecule has 1 aliphatic rings. The van der Waals surface area contributed by atoms with Crippen LogP contribution in [0.4, 0.5) is 11.8 Å². The molecule has 5 rings (SSSR count). The maximum absolute atomic E-state index is 9.63. The highest BCUT2D eigenvalue weighted by Gasteiger charge is 2.23. The Morgan fingerprint density at radius 3 is 2.32 bits per heavy atom. The second-order valence-electron chi connectivity index (χ2n) is 8.89. The molecule has 3 heterocycles. The maximum atomic E-state index is 9.63. The number of aliphatic hydroxyl groups excluding tert-OH is 2. The first-order valence-electron chi connectivity index (χ1n) is 12.2. The van der Waals surface area contributed by atoms with Crippen molar-refractivity contribution in [1.82, 2.24) is 19.9 Å². The molecule has 1 fully saturated rings. The topological polar surface area (TPSA) is 117 Å². The van der Waals surface area contributed by atoms with Crippen molar-refractivity contribution in [1.29, 1.82) is 0 Å². The van der Waals surface area contributed by atoms with Crippen LogP contribution < -0.4 is 19.3 Å². The molecule has 1 unspecified atom stereocenters. The summed E-state index contributed by atoms with van der Waals surface area (Å²) in [6.07, 6.45) is 5.20. The zero-order valence-corrected chi connectivity index (χ0v) is 20.7. The molecule has 0 saturated carbocycles. The van der Waals surface area contributed by atoms with Crippen molar-refractivity contribution in [3.8, 4) is 11.5 Å². The van der Waals surface area contributed by atoms with Crippen LogP contribution in [0.25, 0.3) is 10.9 Å². The summed E-state index contributed by atoms with van der Waals surface area (Å²) in [4.78, 5) is 22.6. The molecule has 0 spiro atoms. The summed E-state index contributed by atoms with van der Waals surface area (Å²) in [5, 5.41) is 19.5. The van der Waals surface area contributed by atoms with Crippen molar-refractivity contribution >= 4 is 22.7 Å². The molecule has 2 aromatic carbocycles. The van der Waals surface area contributed by atoms with E-state index in [0.717, 1.165) is 55.3 Å². The highest BCUT2D eigenvalue weighted by atomic mass is 16.5. The van der Waals surface area contributed by atoms with Crippen molar-refractivity contribution in [2.75, 3.05) is 56.3 Å². The van der Waals surface area contributed by atoms with Gasteiger partial charge in [-0.05, 0) is 17.2 Å². The Kier molecular flexibility index (Phi) is 7.57. The Hall–Kier alpha value is -4.02. The van der Waals surface area contributed by atoms with E-state index >= 15 is 0 Å². The van der Waals surface area contributed by atoms with Gasteiger partial charge in [-0.1, -0.05) is 30.3 Å². The molecule has 0 aliphatic carbocycles. The SMILES string of the molecule is COc1cc2c(N3CCN(c4ncc(Cc5ccccc5)cn4)CC3)ncnc2cc1OCC(O)CO. The summed E-state index contributed by atoms with van der Waals surface area (Å²) >= 11 is 0. The molecule has 2 aromatic heterocycles. The van der Waals surface area contributed by atoms with E-state index in [1.54, 1.807) is 13.2 Å². The van der Waals surface area contributed by atoms with Gasteiger partial charge in [0.1, 0.15) is 24.9 Å². The molecule has 192 valence electrons. The number of ether oxygens (including phenoxy) is 2. The summed E-state index contributed by atoms with van der Waals surface area (Å²) in [5.41, 5.74) is 3.03. The highest BCUT2D eigenvalue weighted by molar-refractivity contribution is 5.92. The van der Waals surface area contributed by atoms with Gasteiger partial charge in [0.05, 0.1) is 19.2 Å². The fourth-order valence-corrected chi connectivity index (χ4v) is 4.37. The molecule has 0 amide bonds. The number of methoxy groups -OCH3 is 1. The lowest BCUT2D eigenvalue weighted by Gasteiger charge is -2.35. The van der Waals surface area contributed by atoms with E-state index in [1.807, 2.05) is 36.7 Å². The van der Waals surface area contributed by atoms with Gasteiger partial charge in [0.2, 0.25) is 5.95 Å². The summed E-state index contributed by atoms with van der Waals surface area (Å²) < 4.78 is 11.2. The number of aromatic nitrogens is 4. The number of hydrogen-bond acceptors (Lipinski definition) is 10. The second kappa shape index (κ2) is 11.4. The van der Waals surface area contributed by atoms with Gasteiger partial charge in [0.25, 0.3) is 0 Å². The molecular formula is C27H30N6O4. The summed E-state index contributed by atoms with van der Waals surface area (Å²) in [6.45, 7) is 2.61. The standard InChI is InChI=1S/C27H30N6O4/c1-36-24-12-22-23(13-25(24)37-17-21(35)16-34)30-18-31-26(22)32-7-9-33(10-8-32)27-28-14-20(15-29-27)11-19-5-3-2-4-6-19/h2-6,12-15,18,21,34-35H,7-11,16-17H2,1H3. The Morgan fingerprint density at radius 1 is 0.892 bits per heavy atom. The van der Waals surface area contributed by atoms with E-state index in [-0.39, 0.29) is 13.2 Å². The molecule has 37 heavy (non-hydrogen) atoms. The lowest BCUT2D eigenvalue weighted by molar-refractivity contribution is 0.0528. The van der Waals surface area contributed by atoms with E-state index in [0.29, 0.717) is 17.0 Å². The van der Waals surface area contributed by atoms with Crippen molar-refractivity contribution in [2.24, 2.45) is 0 Å². The maximum Gasteiger partial charge on any atom is 0.225 e. The molecule has 10 heteroatoms. The smallest absolute Gasteiger partial charge is 0.225 e. The fourth-order valence-electron chi connectivity index (χ4n) is 4.37. The van der Waals surface area contributed by atoms with E-state index in [1.165, 1.54) is 11.9 Å². The molecule has 1 atom stereocenters. The first-order valence-corrected chi connectivity index (χ1v) is 12.2. The lowest BCUT2D eigenvalue weighted by atomic mass is 10.1. The minimum absolute atomic E-state index is 0.0480. The third-order valence-corrected chi connectivity index (χ3v) is 6.35. The predicted molar refractivity (Wildman–Crippen MR) is 140 cm³/mol. The molecule has 0 radical (unpaired) electrons. The molecular weight excluding hydrogens is 472 g/mol. The van der Waals surface area contributed by atoms with Crippen molar-refractivity contribution in [3.05, 3.63) is 72.3 Å². The molecule has 4 aromatic rings. The van der Waals surface area contributed by atoms with Gasteiger partial charge in [0, 0.05) is 56.4 Å². The van der Waals surface area contributed by atoms with Crippen molar-refractivity contribution in [3.63, 3.8) is 0 Å². The van der Waals surface area contributed by atoms with Gasteiger partial charge in [-0.15, -0.1) is 0 Å². The predicted octanol–water partition coefficient (Wildman–Crippen LogP) is 2.08. The third-order valence-electron chi connectivity index (χ3n) is 6.35. The number of fused-ring (bicyclic) bond motifs is 1. The van der Waals surface area contributed by atoms with Crippen LogP contribution in [0.5, 0.6) is 11.5 Å². The fraction of sp³-hybridized carbons (Fsp3) is 0.333. The van der Waals surface area contributed by atoms with Crippen LogP contribution in [-0.2, 0) is 6.42 Å². The molecule has 1 saturated heterocycles. The van der Waals surface area contributed by atoms with Gasteiger partial charge in [0.15, 0.2) is 11.5 Å². The minimum Gasteiger partial charge on any atom is -0.493 e. The van der Waals surface area contributed by atoms with Crippen molar-refractivity contribution < 1.29 is 19.7 Å². The second-order valence-corrected chi connectivity index (χ2v) is 8.89. The van der Waals surface area contributed by atoms with Crippen LogP contribution >= 0.6 is 0 Å². The number of rotatable bonds is 9. The quantitative estimate of drug-likeness (QED) is 0.352. The summed E-state index contributed by atoms with van der Waals surface area (Å²) in [7, 11) is 1.56. The van der Waals surface area contributed by atoms with Crippen LogP contribution in [0.1, 0.15) is 11.1 Å². The van der Waals surface area contributed by atoms with E-state index in [2.05, 4.69) is 41.9 Å². The van der Waals surface area contributed by atoms with Gasteiger partial charge in [-0.2, -0.15) is 0 Å². The summed E-state index contributed by atoms with van der Waals surface area (Å²) in [5.74, 6) is 2.52. The van der Waals surface area contributed by atoms with Crippen LogP contribution in [0.15, 0.2) is 61.2 Å².